The summed E-state index contributed by atoms with van der Waals surface area (Å²) >= 11 is 1.33. The van der Waals surface area contributed by atoms with E-state index in [4.69, 9.17) is 0 Å². The number of alkyl halides is 3. The van der Waals surface area contributed by atoms with E-state index < -0.39 is 34.8 Å². The van der Waals surface area contributed by atoms with Crippen LogP contribution in [0.1, 0.15) is 34.3 Å². The molecule has 5 nitrogen and oxygen atoms in total. The Labute approximate surface area is 200 Å². The van der Waals surface area contributed by atoms with Crippen molar-refractivity contribution < 1.29 is 32.3 Å². The molecule has 0 bridgehead atoms. The second kappa shape index (κ2) is 8.16. The molecular formula is C25H16F4N2O3S. The summed E-state index contributed by atoms with van der Waals surface area (Å²) in [5.41, 5.74) is -1.95. The zero-order valence-corrected chi connectivity index (χ0v) is 18.6. The highest BCUT2D eigenvalue weighted by Crippen LogP contribution is 2.50. The number of hydrogen-bond acceptors (Lipinski definition) is 4. The molecule has 1 aliphatic carbocycles. The summed E-state index contributed by atoms with van der Waals surface area (Å²) in [5, 5.41) is 13.3. The van der Waals surface area contributed by atoms with Gasteiger partial charge in [0.1, 0.15) is 10.6 Å². The average Bonchev–Trinajstić information content (AvgIpc) is 3.50. The monoisotopic (exact) mass is 500 g/mol. The number of benzene rings is 2. The third-order valence-electron chi connectivity index (χ3n) is 6.06. The van der Waals surface area contributed by atoms with E-state index in [1.807, 2.05) is 12.1 Å². The SMILES string of the molecule is O=C(O)c1cc(NC(=O)C2(c3ccc(C(F)(F)F)cc3F)CC2)ccc1-c1cc2cccnc2s1. The minimum Gasteiger partial charge on any atom is -0.478 e. The van der Waals surface area contributed by atoms with E-state index >= 15 is 0 Å². The molecule has 0 saturated heterocycles. The predicted octanol–water partition coefficient (Wildman–Crippen LogP) is 6.49. The maximum Gasteiger partial charge on any atom is 0.416 e. The topological polar surface area (TPSA) is 79.3 Å². The fourth-order valence-corrected chi connectivity index (χ4v) is 5.13. The average molecular weight is 500 g/mol. The van der Waals surface area contributed by atoms with Gasteiger partial charge in [0.15, 0.2) is 0 Å². The van der Waals surface area contributed by atoms with Crippen molar-refractivity contribution in [1.29, 1.82) is 0 Å². The third-order valence-corrected chi connectivity index (χ3v) is 7.16. The lowest BCUT2D eigenvalue weighted by atomic mass is 9.93. The van der Waals surface area contributed by atoms with Gasteiger partial charge in [0.2, 0.25) is 5.91 Å². The highest BCUT2D eigenvalue weighted by atomic mass is 32.1. The van der Waals surface area contributed by atoms with Crippen LogP contribution in [0.25, 0.3) is 20.7 Å². The molecule has 0 radical (unpaired) electrons. The second-order valence-corrected chi connectivity index (χ2v) is 9.33. The molecule has 1 saturated carbocycles. The number of hydrogen-bond donors (Lipinski definition) is 2. The third kappa shape index (κ3) is 4.14. The maximum absolute atomic E-state index is 14.6. The number of aromatic carboxylic acids is 1. The van der Waals surface area contributed by atoms with Gasteiger partial charge in [0.25, 0.3) is 0 Å². The van der Waals surface area contributed by atoms with E-state index in [9.17, 15) is 32.3 Å². The van der Waals surface area contributed by atoms with Crippen molar-refractivity contribution in [3.05, 3.63) is 83.3 Å². The number of carbonyl (C=O) groups is 2. The van der Waals surface area contributed by atoms with Crippen LogP contribution >= 0.6 is 11.3 Å². The first-order chi connectivity index (χ1) is 16.6. The van der Waals surface area contributed by atoms with Crippen molar-refractivity contribution in [1.82, 2.24) is 4.98 Å². The van der Waals surface area contributed by atoms with Gasteiger partial charge < -0.3 is 10.4 Å². The number of rotatable bonds is 5. The van der Waals surface area contributed by atoms with Gasteiger partial charge in [-0.1, -0.05) is 18.2 Å². The Morgan fingerprint density at radius 3 is 2.46 bits per heavy atom. The molecule has 5 rings (SSSR count). The maximum atomic E-state index is 14.6. The number of carbonyl (C=O) groups excluding carboxylic acids is 1. The van der Waals surface area contributed by atoms with Gasteiger partial charge in [-0.3, -0.25) is 4.79 Å². The number of nitrogens with zero attached hydrogens (tertiary/aromatic N) is 1. The van der Waals surface area contributed by atoms with Crippen molar-refractivity contribution in [2.75, 3.05) is 5.32 Å². The van der Waals surface area contributed by atoms with E-state index in [2.05, 4.69) is 10.3 Å². The van der Waals surface area contributed by atoms with Gasteiger partial charge in [-0.25, -0.2) is 14.2 Å². The molecule has 2 aromatic carbocycles. The van der Waals surface area contributed by atoms with E-state index in [0.29, 0.717) is 16.5 Å². The summed E-state index contributed by atoms with van der Waals surface area (Å²) in [6, 6.07) is 12.0. The molecule has 35 heavy (non-hydrogen) atoms. The summed E-state index contributed by atoms with van der Waals surface area (Å²) in [7, 11) is 0. The van der Waals surface area contributed by atoms with Gasteiger partial charge in [-0.05, 0) is 49.2 Å². The quantitative estimate of drug-likeness (QED) is 0.307. The van der Waals surface area contributed by atoms with Gasteiger partial charge >= 0.3 is 12.1 Å². The van der Waals surface area contributed by atoms with Crippen LogP contribution in [-0.4, -0.2) is 22.0 Å². The lowest BCUT2D eigenvalue weighted by Crippen LogP contribution is -2.29. The van der Waals surface area contributed by atoms with Crippen molar-refractivity contribution in [3.63, 3.8) is 0 Å². The second-order valence-electron chi connectivity index (χ2n) is 8.30. The number of anilines is 1. The molecule has 0 spiro atoms. The molecule has 1 fully saturated rings. The lowest BCUT2D eigenvalue weighted by Gasteiger charge is -2.18. The van der Waals surface area contributed by atoms with Gasteiger partial charge in [0.05, 0.1) is 16.5 Å². The van der Waals surface area contributed by atoms with Crippen LogP contribution in [0.5, 0.6) is 0 Å². The van der Waals surface area contributed by atoms with Crippen molar-refractivity contribution in [3.8, 4) is 10.4 Å². The first-order valence-electron chi connectivity index (χ1n) is 10.5. The molecule has 0 atom stereocenters. The molecule has 1 aliphatic rings. The largest absolute Gasteiger partial charge is 0.478 e. The number of fused-ring (bicyclic) bond motifs is 1. The van der Waals surface area contributed by atoms with E-state index in [1.54, 1.807) is 18.3 Å². The Morgan fingerprint density at radius 2 is 1.83 bits per heavy atom. The zero-order valence-electron chi connectivity index (χ0n) is 17.8. The molecule has 4 aromatic rings. The van der Waals surface area contributed by atoms with Gasteiger partial charge in [0, 0.05) is 33.3 Å². The first-order valence-corrected chi connectivity index (χ1v) is 11.3. The Morgan fingerprint density at radius 1 is 1.06 bits per heavy atom. The fourth-order valence-electron chi connectivity index (χ4n) is 4.09. The van der Waals surface area contributed by atoms with Crippen LogP contribution in [-0.2, 0) is 16.4 Å². The van der Waals surface area contributed by atoms with Crippen molar-refractivity contribution in [2.24, 2.45) is 0 Å². The fraction of sp³-hybridized carbons (Fsp3) is 0.160. The Balaban J connectivity index is 1.44. The lowest BCUT2D eigenvalue weighted by molar-refractivity contribution is -0.137. The summed E-state index contributed by atoms with van der Waals surface area (Å²) in [6.07, 6.45) is -2.52. The van der Waals surface area contributed by atoms with E-state index in [0.717, 1.165) is 22.3 Å². The number of amides is 1. The van der Waals surface area contributed by atoms with Crippen molar-refractivity contribution in [2.45, 2.75) is 24.4 Å². The number of halogens is 4. The highest BCUT2D eigenvalue weighted by molar-refractivity contribution is 7.21. The molecule has 1 amide bonds. The number of aromatic nitrogens is 1. The summed E-state index contributed by atoms with van der Waals surface area (Å²) in [5.74, 6) is -2.91. The molecule has 0 unspecified atom stereocenters. The van der Waals surface area contributed by atoms with E-state index in [-0.39, 0.29) is 29.7 Å². The van der Waals surface area contributed by atoms with Crippen LogP contribution < -0.4 is 5.32 Å². The van der Waals surface area contributed by atoms with Crippen LogP contribution in [0.3, 0.4) is 0 Å². The first kappa shape index (κ1) is 23.0. The smallest absolute Gasteiger partial charge is 0.416 e. The number of carboxylic acids is 1. The van der Waals surface area contributed by atoms with E-state index in [1.165, 1.54) is 23.5 Å². The van der Waals surface area contributed by atoms with Crippen molar-refractivity contribution >= 4 is 39.1 Å². The van der Waals surface area contributed by atoms with Crippen LogP contribution in [0.15, 0.2) is 60.8 Å². The standard InChI is InChI=1S/C25H16F4N2O3S/c26-19-11-14(25(27,28)29)3-6-18(19)24(7-8-24)23(34)31-15-4-5-16(17(12-15)22(32)33)20-10-13-2-1-9-30-21(13)35-20/h1-6,9-12H,7-8H2,(H,31,34)(H,32,33). The number of thiophene rings is 1. The van der Waals surface area contributed by atoms with Crippen LogP contribution in [0.2, 0.25) is 0 Å². The summed E-state index contributed by atoms with van der Waals surface area (Å²) in [6.45, 7) is 0. The number of nitrogens with one attached hydrogen (secondary N) is 1. The van der Waals surface area contributed by atoms with Gasteiger partial charge in [-0.2, -0.15) is 13.2 Å². The number of carboxylic acid groups (broad SMARTS) is 1. The minimum atomic E-state index is -4.70. The Kier molecular flexibility index (Phi) is 5.36. The molecule has 2 N–H and O–H groups in total. The molecule has 10 heteroatoms. The molecule has 0 aliphatic heterocycles. The minimum absolute atomic E-state index is 0.0417. The molecule has 178 valence electrons. The zero-order chi connectivity index (χ0) is 25.0. The Hall–Kier alpha value is -3.79. The molecule has 2 aromatic heterocycles. The summed E-state index contributed by atoms with van der Waals surface area (Å²) in [4.78, 5) is 30.7. The number of pyridine rings is 1. The summed E-state index contributed by atoms with van der Waals surface area (Å²) < 4.78 is 53.2. The van der Waals surface area contributed by atoms with Gasteiger partial charge in [-0.15, -0.1) is 11.3 Å². The highest BCUT2D eigenvalue weighted by Gasteiger charge is 2.53. The normalized spacial score (nSPS) is 14.6. The van der Waals surface area contributed by atoms with Crippen LogP contribution in [0.4, 0.5) is 23.2 Å². The van der Waals surface area contributed by atoms with Crippen LogP contribution in [0, 0.1) is 5.82 Å². The molecule has 2 heterocycles. The molecular weight excluding hydrogens is 484 g/mol. The Bertz CT molecular complexity index is 1460. The predicted molar refractivity (Wildman–Crippen MR) is 123 cm³/mol.